The number of rotatable bonds is 1. The summed E-state index contributed by atoms with van der Waals surface area (Å²) in [6.45, 7) is 9.06. The summed E-state index contributed by atoms with van der Waals surface area (Å²) in [5, 5.41) is 19.6. The van der Waals surface area contributed by atoms with Gasteiger partial charge in [0, 0.05) is 23.9 Å². The van der Waals surface area contributed by atoms with Crippen molar-refractivity contribution in [3.63, 3.8) is 0 Å². The summed E-state index contributed by atoms with van der Waals surface area (Å²) in [6, 6.07) is 1.63. The van der Waals surface area contributed by atoms with Crippen LogP contribution < -0.4 is 0 Å². The highest BCUT2D eigenvalue weighted by atomic mass is 35.5. The van der Waals surface area contributed by atoms with Crippen molar-refractivity contribution < 1.29 is 14.6 Å². The molecule has 0 radical (unpaired) electrons. The number of pyridine rings is 1. The molecule has 0 fully saturated rings. The lowest BCUT2D eigenvalue weighted by Crippen LogP contribution is -2.41. The Morgan fingerprint density at radius 1 is 1.32 bits per heavy atom. The molecule has 4 heterocycles. The Balaban J connectivity index is 1.68. The van der Waals surface area contributed by atoms with Crippen molar-refractivity contribution in [1.82, 2.24) is 24.3 Å². The van der Waals surface area contributed by atoms with E-state index in [1.54, 1.807) is 17.2 Å². The maximum Gasteiger partial charge on any atom is 0.410 e. The van der Waals surface area contributed by atoms with Crippen LogP contribution in [0.3, 0.4) is 0 Å². The minimum Gasteiger partial charge on any atom is -0.506 e. The average Bonchev–Trinajstić information content (AvgIpc) is 3.14. The highest BCUT2D eigenvalue weighted by Gasteiger charge is 2.29. The van der Waals surface area contributed by atoms with Gasteiger partial charge in [-0.3, -0.25) is 4.68 Å². The third-order valence-electron chi connectivity index (χ3n) is 4.71. The number of carbonyl (C=O) groups excluding carboxylic acids is 1. The number of hydrogen-bond acceptors (Lipinski definition) is 5. The summed E-state index contributed by atoms with van der Waals surface area (Å²) in [5.41, 5.74) is 3.30. The molecular weight excluding hydrogens is 382 g/mol. The number of halogens is 1. The summed E-state index contributed by atoms with van der Waals surface area (Å²) < 4.78 is 8.94. The van der Waals surface area contributed by atoms with Crippen molar-refractivity contribution in [3.05, 3.63) is 34.7 Å². The van der Waals surface area contributed by atoms with Gasteiger partial charge >= 0.3 is 6.09 Å². The minimum absolute atomic E-state index is 0.0424. The first-order valence-electron chi connectivity index (χ1n) is 9.04. The normalized spacial score (nSPS) is 14.4. The smallest absolute Gasteiger partial charge is 0.410 e. The molecule has 0 saturated carbocycles. The number of carbonyl (C=O) groups is 1. The third kappa shape index (κ3) is 3.17. The molecule has 1 aliphatic heterocycles. The highest BCUT2D eigenvalue weighted by molar-refractivity contribution is 6.34. The van der Waals surface area contributed by atoms with Crippen molar-refractivity contribution in [2.75, 3.05) is 6.54 Å². The fourth-order valence-electron chi connectivity index (χ4n) is 3.40. The van der Waals surface area contributed by atoms with Gasteiger partial charge in [0.15, 0.2) is 0 Å². The van der Waals surface area contributed by atoms with Crippen LogP contribution >= 0.6 is 11.6 Å². The highest BCUT2D eigenvalue weighted by Crippen LogP contribution is 2.33. The molecule has 148 valence electrons. The van der Waals surface area contributed by atoms with E-state index in [2.05, 4.69) is 5.10 Å². The van der Waals surface area contributed by atoms with Gasteiger partial charge in [0.25, 0.3) is 0 Å². The van der Waals surface area contributed by atoms with Crippen LogP contribution in [0.25, 0.3) is 16.8 Å². The first-order valence-corrected chi connectivity index (χ1v) is 9.42. The topological polar surface area (TPSA) is 84.9 Å². The van der Waals surface area contributed by atoms with Gasteiger partial charge in [-0.15, -0.1) is 0 Å². The number of aromatic nitrogens is 4. The van der Waals surface area contributed by atoms with E-state index in [1.165, 1.54) is 10.7 Å². The van der Waals surface area contributed by atoms with Gasteiger partial charge in [0.1, 0.15) is 16.9 Å². The zero-order valence-corrected chi connectivity index (χ0v) is 17.0. The fourth-order valence-corrected chi connectivity index (χ4v) is 3.62. The largest absolute Gasteiger partial charge is 0.506 e. The van der Waals surface area contributed by atoms with E-state index in [9.17, 15) is 9.90 Å². The molecule has 0 aromatic carbocycles. The SMILES string of the molecule is Cc1c(-c2cc(O)c3c(Cl)cnn3c2)nn2c1CN(C(=O)OC(C)(C)C)CC2. The van der Waals surface area contributed by atoms with Crippen LogP contribution in [0.2, 0.25) is 5.02 Å². The van der Waals surface area contributed by atoms with E-state index >= 15 is 0 Å². The van der Waals surface area contributed by atoms with Gasteiger partial charge < -0.3 is 14.7 Å². The molecule has 0 saturated heterocycles. The number of fused-ring (bicyclic) bond motifs is 2. The van der Waals surface area contributed by atoms with E-state index in [-0.39, 0.29) is 11.8 Å². The second-order valence-electron chi connectivity index (χ2n) is 7.95. The van der Waals surface area contributed by atoms with Crippen molar-refractivity contribution >= 4 is 23.2 Å². The van der Waals surface area contributed by atoms with E-state index in [0.717, 1.165) is 22.5 Å². The molecule has 1 amide bonds. The van der Waals surface area contributed by atoms with Crippen molar-refractivity contribution in [2.24, 2.45) is 0 Å². The summed E-state index contributed by atoms with van der Waals surface area (Å²) in [5.74, 6) is 0.0424. The van der Waals surface area contributed by atoms with Gasteiger partial charge in [-0.1, -0.05) is 11.6 Å². The van der Waals surface area contributed by atoms with Gasteiger partial charge in [-0.05, 0) is 33.8 Å². The Bertz CT molecular complexity index is 1080. The minimum atomic E-state index is -0.535. The summed E-state index contributed by atoms with van der Waals surface area (Å²) in [7, 11) is 0. The lowest BCUT2D eigenvalue weighted by Gasteiger charge is -2.30. The fraction of sp³-hybridized carbons (Fsp3) is 0.421. The van der Waals surface area contributed by atoms with Crippen LogP contribution in [0, 0.1) is 6.92 Å². The second-order valence-corrected chi connectivity index (χ2v) is 8.35. The van der Waals surface area contributed by atoms with Crippen molar-refractivity contribution in [2.45, 2.75) is 46.4 Å². The molecule has 1 aliphatic rings. The summed E-state index contributed by atoms with van der Waals surface area (Å²) >= 11 is 6.07. The zero-order chi connectivity index (χ0) is 20.2. The molecule has 0 bridgehead atoms. The van der Waals surface area contributed by atoms with E-state index in [4.69, 9.17) is 21.4 Å². The summed E-state index contributed by atoms with van der Waals surface area (Å²) in [6.07, 6.45) is 2.95. The van der Waals surface area contributed by atoms with Crippen LogP contribution in [0.4, 0.5) is 4.79 Å². The first kappa shape index (κ1) is 18.6. The predicted molar refractivity (Wildman–Crippen MR) is 104 cm³/mol. The van der Waals surface area contributed by atoms with Crippen LogP contribution in [0.15, 0.2) is 18.5 Å². The molecule has 1 N–H and O–H groups in total. The van der Waals surface area contributed by atoms with Gasteiger partial charge in [-0.2, -0.15) is 10.2 Å². The number of hydrogen-bond donors (Lipinski definition) is 1. The molecule has 0 unspecified atom stereocenters. The number of ether oxygens (including phenoxy) is 1. The molecule has 28 heavy (non-hydrogen) atoms. The van der Waals surface area contributed by atoms with E-state index in [1.807, 2.05) is 32.4 Å². The molecule has 3 aromatic rings. The Hall–Kier alpha value is -2.74. The lowest BCUT2D eigenvalue weighted by molar-refractivity contribution is 0.0194. The monoisotopic (exact) mass is 403 g/mol. The van der Waals surface area contributed by atoms with Gasteiger partial charge in [-0.25, -0.2) is 9.31 Å². The number of aromatic hydroxyl groups is 1. The van der Waals surface area contributed by atoms with Crippen LogP contribution in [-0.2, 0) is 17.8 Å². The maximum atomic E-state index is 12.4. The molecule has 8 nitrogen and oxygen atoms in total. The molecule has 0 atom stereocenters. The molecule has 3 aromatic heterocycles. The molecule has 9 heteroatoms. The standard InChI is InChI=1S/C19H22ClN5O3/c1-11-14-10-23(18(27)28-19(2,3)4)5-6-24(14)22-16(11)12-7-15(26)17-13(20)8-21-25(17)9-12/h7-9,26H,5-6,10H2,1-4H3. The van der Waals surface area contributed by atoms with Crippen molar-refractivity contribution in [3.8, 4) is 17.0 Å². The molecule has 4 rings (SSSR count). The Labute approximate surface area is 167 Å². The predicted octanol–water partition coefficient (Wildman–Crippen LogP) is 3.62. The van der Waals surface area contributed by atoms with E-state index in [0.29, 0.717) is 30.2 Å². The summed E-state index contributed by atoms with van der Waals surface area (Å²) in [4.78, 5) is 14.1. The van der Waals surface area contributed by atoms with Crippen LogP contribution in [0.5, 0.6) is 5.75 Å². The molecule has 0 spiro atoms. The zero-order valence-electron chi connectivity index (χ0n) is 16.2. The Morgan fingerprint density at radius 3 is 2.79 bits per heavy atom. The quantitative estimate of drug-likeness (QED) is 0.670. The average molecular weight is 404 g/mol. The second kappa shape index (κ2) is 6.41. The number of amides is 1. The van der Waals surface area contributed by atoms with E-state index < -0.39 is 5.60 Å². The van der Waals surface area contributed by atoms with Crippen LogP contribution in [0.1, 0.15) is 32.0 Å². The first-order chi connectivity index (χ1) is 13.1. The Morgan fingerprint density at radius 2 is 2.07 bits per heavy atom. The van der Waals surface area contributed by atoms with Gasteiger partial charge in [0.2, 0.25) is 0 Å². The molecular formula is C19H22ClN5O3. The molecule has 0 aliphatic carbocycles. The van der Waals surface area contributed by atoms with Gasteiger partial charge in [0.05, 0.1) is 35.7 Å². The Kier molecular flexibility index (Phi) is 4.26. The maximum absolute atomic E-state index is 12.4. The third-order valence-corrected chi connectivity index (χ3v) is 4.99. The number of nitrogens with zero attached hydrogens (tertiary/aromatic N) is 5. The van der Waals surface area contributed by atoms with Crippen molar-refractivity contribution in [1.29, 1.82) is 0 Å². The lowest BCUT2D eigenvalue weighted by atomic mass is 10.1. The van der Waals surface area contributed by atoms with Crippen LogP contribution in [-0.4, -0.2) is 47.6 Å².